The van der Waals surface area contributed by atoms with E-state index in [2.05, 4.69) is 31.2 Å². The minimum atomic E-state index is -1.28. The number of likely N-dealkylation sites (tertiary alicyclic amines) is 1. The molecule has 6 nitrogen and oxygen atoms in total. The summed E-state index contributed by atoms with van der Waals surface area (Å²) in [5, 5.41) is 9.03. The molecule has 2 atom stereocenters. The van der Waals surface area contributed by atoms with Gasteiger partial charge in [-0.1, -0.05) is 31.2 Å². The quantitative estimate of drug-likeness (QED) is 0.818. The maximum Gasteiger partial charge on any atom is 0.506 e. The predicted molar refractivity (Wildman–Crippen MR) is 102 cm³/mol. The van der Waals surface area contributed by atoms with Crippen LogP contribution in [0, 0.1) is 0 Å². The van der Waals surface area contributed by atoms with E-state index in [1.165, 1.54) is 5.56 Å². The lowest BCUT2D eigenvalue weighted by molar-refractivity contribution is 0.0122. The Bertz CT molecular complexity index is 631. The lowest BCUT2D eigenvalue weighted by atomic mass is 9.88. The highest BCUT2D eigenvalue weighted by Gasteiger charge is 2.35. The van der Waals surface area contributed by atoms with E-state index in [4.69, 9.17) is 9.84 Å². The molecule has 0 aliphatic carbocycles. The van der Waals surface area contributed by atoms with Crippen LogP contribution in [0.4, 0.5) is 9.59 Å². The number of aryl methyl sites for hydroxylation is 1. The largest absolute Gasteiger partial charge is 0.506 e. The van der Waals surface area contributed by atoms with Crippen molar-refractivity contribution in [2.24, 2.45) is 0 Å². The summed E-state index contributed by atoms with van der Waals surface area (Å²) in [6, 6.07) is 8.38. The smallest absolute Gasteiger partial charge is 0.450 e. The number of amides is 2. The van der Waals surface area contributed by atoms with Crippen molar-refractivity contribution in [1.82, 2.24) is 9.80 Å². The Labute approximate surface area is 158 Å². The van der Waals surface area contributed by atoms with Crippen LogP contribution in [0.1, 0.15) is 30.4 Å². The number of rotatable bonds is 3. The summed E-state index contributed by atoms with van der Waals surface area (Å²) in [6.45, 7) is 4.55. The highest BCUT2D eigenvalue weighted by Crippen LogP contribution is 2.30. The van der Waals surface area contributed by atoms with Crippen LogP contribution in [0.25, 0.3) is 0 Å². The Kier molecular flexibility index (Phi) is 6.29. The minimum absolute atomic E-state index is 0.000771. The van der Waals surface area contributed by atoms with Crippen molar-refractivity contribution in [2.45, 2.75) is 31.8 Å². The van der Waals surface area contributed by atoms with Gasteiger partial charge in [0.2, 0.25) is 0 Å². The number of piperidine rings is 1. The summed E-state index contributed by atoms with van der Waals surface area (Å²) in [4.78, 5) is 27.6. The van der Waals surface area contributed by atoms with Crippen LogP contribution < -0.4 is 0 Å². The molecule has 2 saturated heterocycles. The first kappa shape index (κ1) is 18.9. The maximum atomic E-state index is 12.9. The molecule has 0 aromatic heterocycles. The van der Waals surface area contributed by atoms with Crippen LogP contribution in [0.3, 0.4) is 0 Å². The highest BCUT2D eigenvalue weighted by atomic mass is 32.2. The van der Waals surface area contributed by atoms with E-state index in [1.807, 2.05) is 16.7 Å². The molecule has 0 spiro atoms. The molecule has 3 rings (SSSR count). The van der Waals surface area contributed by atoms with Crippen LogP contribution in [-0.2, 0) is 11.2 Å². The zero-order chi connectivity index (χ0) is 18.5. The van der Waals surface area contributed by atoms with Crippen molar-refractivity contribution in [3.05, 3.63) is 35.4 Å². The number of nitrogens with zero attached hydrogens (tertiary/aromatic N) is 2. The van der Waals surface area contributed by atoms with Gasteiger partial charge in [-0.15, -0.1) is 0 Å². The van der Waals surface area contributed by atoms with Gasteiger partial charge in [-0.2, -0.15) is 11.8 Å². The number of carboxylic acid groups (broad SMARTS) is 1. The van der Waals surface area contributed by atoms with Gasteiger partial charge in [-0.3, -0.25) is 0 Å². The van der Waals surface area contributed by atoms with E-state index in [0.717, 1.165) is 36.6 Å². The van der Waals surface area contributed by atoms with Gasteiger partial charge in [0.1, 0.15) is 6.10 Å². The van der Waals surface area contributed by atoms with Crippen molar-refractivity contribution in [3.8, 4) is 0 Å². The fraction of sp³-hybridized carbons (Fsp3) is 0.579. The van der Waals surface area contributed by atoms with E-state index in [1.54, 1.807) is 4.90 Å². The fourth-order valence-electron chi connectivity index (χ4n) is 3.66. The molecule has 0 radical (unpaired) electrons. The Balaban J connectivity index is 1.75. The standard InChI is InChI=1S/C19H26N2O4S/c1-2-14-3-5-15(6-4-14)16-11-17(25-19(23)24)13-21(12-16)18(22)20-7-9-26-10-8-20/h3-6,16-17H,2,7-13H2,1H3,(H,23,24). The van der Waals surface area contributed by atoms with Crippen molar-refractivity contribution in [3.63, 3.8) is 0 Å². The monoisotopic (exact) mass is 378 g/mol. The van der Waals surface area contributed by atoms with Gasteiger partial charge in [-0.05, 0) is 24.0 Å². The topological polar surface area (TPSA) is 70.1 Å². The Morgan fingerprint density at radius 1 is 1.15 bits per heavy atom. The van der Waals surface area contributed by atoms with Crippen LogP contribution in [-0.4, -0.2) is 70.9 Å². The van der Waals surface area contributed by atoms with Crippen molar-refractivity contribution in [2.75, 3.05) is 37.7 Å². The molecule has 2 aliphatic rings. The summed E-state index contributed by atoms with van der Waals surface area (Å²) in [5.41, 5.74) is 2.40. The number of hydrogen-bond acceptors (Lipinski definition) is 4. The van der Waals surface area contributed by atoms with Crippen LogP contribution in [0.2, 0.25) is 0 Å². The van der Waals surface area contributed by atoms with Crippen molar-refractivity contribution < 1.29 is 19.4 Å². The zero-order valence-electron chi connectivity index (χ0n) is 15.1. The number of benzene rings is 1. The normalized spacial score (nSPS) is 23.6. The first-order valence-electron chi connectivity index (χ1n) is 9.16. The third kappa shape index (κ3) is 4.63. The summed E-state index contributed by atoms with van der Waals surface area (Å²) >= 11 is 1.86. The third-order valence-corrected chi connectivity index (χ3v) is 6.03. The van der Waals surface area contributed by atoms with Crippen LogP contribution in [0.15, 0.2) is 24.3 Å². The second kappa shape index (κ2) is 8.66. The SMILES string of the molecule is CCc1ccc(C2CC(OC(=O)O)CN(C(=O)N3CCSCC3)C2)cc1. The lowest BCUT2D eigenvalue weighted by Crippen LogP contribution is -2.53. The van der Waals surface area contributed by atoms with E-state index in [-0.39, 0.29) is 11.9 Å². The lowest BCUT2D eigenvalue weighted by Gasteiger charge is -2.40. The number of thioether (sulfide) groups is 1. The average molecular weight is 378 g/mol. The Hall–Kier alpha value is -1.89. The first-order chi connectivity index (χ1) is 12.6. The fourth-order valence-corrected chi connectivity index (χ4v) is 4.56. The van der Waals surface area contributed by atoms with Gasteiger partial charge < -0.3 is 19.6 Å². The van der Waals surface area contributed by atoms with Gasteiger partial charge in [0.15, 0.2) is 0 Å². The molecule has 1 aromatic carbocycles. The zero-order valence-corrected chi connectivity index (χ0v) is 15.9. The Morgan fingerprint density at radius 3 is 2.46 bits per heavy atom. The molecule has 2 heterocycles. The van der Waals surface area contributed by atoms with Crippen LogP contribution in [0.5, 0.6) is 0 Å². The summed E-state index contributed by atoms with van der Waals surface area (Å²) in [6.07, 6.45) is -0.177. The molecular weight excluding hydrogens is 352 g/mol. The maximum absolute atomic E-state index is 12.9. The molecule has 2 fully saturated rings. The first-order valence-corrected chi connectivity index (χ1v) is 10.3. The molecule has 1 N–H and O–H groups in total. The van der Waals surface area contributed by atoms with Crippen molar-refractivity contribution >= 4 is 23.9 Å². The van der Waals surface area contributed by atoms with Gasteiger partial charge in [-0.25, -0.2) is 9.59 Å². The predicted octanol–water partition coefficient (Wildman–Crippen LogP) is 3.27. The molecule has 0 saturated carbocycles. The summed E-state index contributed by atoms with van der Waals surface area (Å²) in [5.74, 6) is 2.00. The molecule has 1 aromatic rings. The van der Waals surface area contributed by atoms with Gasteiger partial charge in [0.25, 0.3) is 0 Å². The summed E-state index contributed by atoms with van der Waals surface area (Å²) in [7, 11) is 0. The number of carbonyl (C=O) groups excluding carboxylic acids is 1. The second-order valence-corrected chi connectivity index (χ2v) is 8.05. The Morgan fingerprint density at radius 2 is 1.85 bits per heavy atom. The second-order valence-electron chi connectivity index (χ2n) is 6.82. The molecule has 142 valence electrons. The number of carbonyl (C=O) groups is 2. The number of urea groups is 1. The molecule has 2 unspecified atom stereocenters. The average Bonchev–Trinajstić information content (AvgIpc) is 2.67. The molecule has 26 heavy (non-hydrogen) atoms. The molecule has 0 bridgehead atoms. The molecule has 2 amide bonds. The van der Waals surface area contributed by atoms with E-state index in [9.17, 15) is 9.59 Å². The van der Waals surface area contributed by atoms with Gasteiger partial charge in [0.05, 0.1) is 6.54 Å². The molecule has 2 aliphatic heterocycles. The number of hydrogen-bond donors (Lipinski definition) is 1. The van der Waals surface area contributed by atoms with E-state index < -0.39 is 12.3 Å². The number of ether oxygens (including phenoxy) is 1. The molecular formula is C19H26N2O4S. The van der Waals surface area contributed by atoms with E-state index >= 15 is 0 Å². The highest BCUT2D eigenvalue weighted by molar-refractivity contribution is 7.99. The van der Waals surface area contributed by atoms with Crippen LogP contribution >= 0.6 is 11.8 Å². The summed E-state index contributed by atoms with van der Waals surface area (Å²) < 4.78 is 5.06. The minimum Gasteiger partial charge on any atom is -0.450 e. The van der Waals surface area contributed by atoms with Gasteiger partial charge >= 0.3 is 12.2 Å². The third-order valence-electron chi connectivity index (χ3n) is 5.09. The van der Waals surface area contributed by atoms with Crippen molar-refractivity contribution in [1.29, 1.82) is 0 Å². The van der Waals surface area contributed by atoms with E-state index in [0.29, 0.717) is 19.5 Å². The van der Waals surface area contributed by atoms with Gasteiger partial charge in [0, 0.05) is 37.1 Å². The molecule has 7 heteroatoms.